The number of piperidine rings is 1. The summed E-state index contributed by atoms with van der Waals surface area (Å²) in [4.78, 5) is 11.4. The number of carbonyl (C=O) groups is 1. The molecule has 0 spiro atoms. The zero-order valence-electron chi connectivity index (χ0n) is 10.3. The maximum Gasteiger partial charge on any atom is 0.220 e. The van der Waals surface area contributed by atoms with Crippen molar-refractivity contribution in [3.8, 4) is 0 Å². The molecule has 1 amide bonds. The van der Waals surface area contributed by atoms with Gasteiger partial charge in [-0.05, 0) is 44.7 Å². The first kappa shape index (κ1) is 13.5. The Bertz CT molecular complexity index is 191. The van der Waals surface area contributed by atoms with Gasteiger partial charge in [0.15, 0.2) is 0 Å². The lowest BCUT2D eigenvalue weighted by Gasteiger charge is -2.22. The Morgan fingerprint density at radius 3 is 2.88 bits per heavy atom. The summed E-state index contributed by atoms with van der Waals surface area (Å²) in [7, 11) is 1.66. The predicted molar refractivity (Wildman–Crippen MR) is 64.3 cm³/mol. The summed E-state index contributed by atoms with van der Waals surface area (Å²) in [5.41, 5.74) is 0. The van der Waals surface area contributed by atoms with Crippen molar-refractivity contribution in [3.05, 3.63) is 0 Å². The molecule has 0 atom stereocenters. The summed E-state index contributed by atoms with van der Waals surface area (Å²) < 4.78 is 4.90. The molecule has 4 nitrogen and oxygen atoms in total. The second-order valence-corrected chi connectivity index (χ2v) is 4.43. The number of carbonyl (C=O) groups excluding carboxylic acids is 1. The number of hydrogen-bond acceptors (Lipinski definition) is 3. The molecule has 0 bridgehead atoms. The van der Waals surface area contributed by atoms with Crippen molar-refractivity contribution in [3.63, 3.8) is 0 Å². The zero-order valence-corrected chi connectivity index (χ0v) is 10.3. The molecule has 0 aromatic heterocycles. The Balaban J connectivity index is 1.94. The van der Waals surface area contributed by atoms with E-state index in [9.17, 15) is 4.79 Å². The third kappa shape index (κ3) is 6.08. The first-order chi connectivity index (χ1) is 7.83. The summed E-state index contributed by atoms with van der Waals surface area (Å²) in [6, 6.07) is 0. The normalized spacial score (nSPS) is 17.3. The van der Waals surface area contributed by atoms with Crippen LogP contribution in [-0.4, -0.2) is 39.3 Å². The van der Waals surface area contributed by atoms with Crippen molar-refractivity contribution in [1.82, 2.24) is 10.6 Å². The Morgan fingerprint density at radius 2 is 2.19 bits per heavy atom. The first-order valence-corrected chi connectivity index (χ1v) is 6.29. The van der Waals surface area contributed by atoms with E-state index in [0.717, 1.165) is 38.4 Å². The van der Waals surface area contributed by atoms with Crippen LogP contribution in [0.2, 0.25) is 0 Å². The zero-order chi connectivity index (χ0) is 11.6. The summed E-state index contributed by atoms with van der Waals surface area (Å²) in [6.45, 7) is 3.76. The van der Waals surface area contributed by atoms with E-state index in [1.54, 1.807) is 7.11 Å². The van der Waals surface area contributed by atoms with Crippen molar-refractivity contribution >= 4 is 5.91 Å². The fourth-order valence-corrected chi connectivity index (χ4v) is 2.05. The van der Waals surface area contributed by atoms with Gasteiger partial charge < -0.3 is 15.4 Å². The molecule has 1 rings (SSSR count). The number of hydrogen-bond donors (Lipinski definition) is 2. The fourth-order valence-electron chi connectivity index (χ4n) is 2.05. The van der Waals surface area contributed by atoms with Gasteiger partial charge in [0.25, 0.3) is 0 Å². The van der Waals surface area contributed by atoms with Gasteiger partial charge in [0.2, 0.25) is 5.91 Å². The number of nitrogens with one attached hydrogen (secondary N) is 2. The van der Waals surface area contributed by atoms with Crippen LogP contribution in [0.15, 0.2) is 0 Å². The SMILES string of the molecule is COCCCC(=O)NCCC1CCNCC1. The quantitative estimate of drug-likeness (QED) is 0.637. The van der Waals surface area contributed by atoms with Crippen LogP contribution in [0.1, 0.15) is 32.1 Å². The molecular weight excluding hydrogens is 204 g/mol. The summed E-state index contributed by atoms with van der Waals surface area (Å²) >= 11 is 0. The van der Waals surface area contributed by atoms with Crippen molar-refractivity contribution in [2.45, 2.75) is 32.1 Å². The van der Waals surface area contributed by atoms with Crippen molar-refractivity contribution in [1.29, 1.82) is 0 Å². The van der Waals surface area contributed by atoms with E-state index in [2.05, 4.69) is 10.6 Å². The van der Waals surface area contributed by atoms with Crippen LogP contribution >= 0.6 is 0 Å². The molecule has 94 valence electrons. The Labute approximate surface area is 98.1 Å². The van der Waals surface area contributed by atoms with Crippen LogP contribution < -0.4 is 10.6 Å². The highest BCUT2D eigenvalue weighted by Gasteiger charge is 2.12. The third-order valence-corrected chi connectivity index (χ3v) is 3.09. The average molecular weight is 228 g/mol. The van der Waals surface area contributed by atoms with Gasteiger partial charge in [-0.1, -0.05) is 0 Å². The number of amides is 1. The molecule has 1 saturated heterocycles. The highest BCUT2D eigenvalue weighted by Crippen LogP contribution is 2.14. The minimum Gasteiger partial charge on any atom is -0.385 e. The predicted octanol–water partition coefficient (Wildman–Crippen LogP) is 0.919. The van der Waals surface area contributed by atoms with Crippen LogP contribution in [0.5, 0.6) is 0 Å². The van der Waals surface area contributed by atoms with E-state index >= 15 is 0 Å². The Hall–Kier alpha value is -0.610. The molecule has 1 fully saturated rings. The summed E-state index contributed by atoms with van der Waals surface area (Å²) in [5, 5.41) is 6.32. The van der Waals surface area contributed by atoms with Crippen LogP contribution in [0, 0.1) is 5.92 Å². The monoisotopic (exact) mass is 228 g/mol. The lowest BCUT2D eigenvalue weighted by molar-refractivity contribution is -0.121. The summed E-state index contributed by atoms with van der Waals surface area (Å²) in [6.07, 6.45) is 5.02. The number of rotatable bonds is 7. The maximum atomic E-state index is 11.4. The van der Waals surface area contributed by atoms with Crippen LogP contribution in [0.4, 0.5) is 0 Å². The second-order valence-electron chi connectivity index (χ2n) is 4.43. The van der Waals surface area contributed by atoms with Gasteiger partial charge in [-0.2, -0.15) is 0 Å². The van der Waals surface area contributed by atoms with Gasteiger partial charge in [-0.15, -0.1) is 0 Å². The molecule has 4 heteroatoms. The minimum atomic E-state index is 0.158. The van der Waals surface area contributed by atoms with Crippen LogP contribution in [0.3, 0.4) is 0 Å². The molecule has 2 N–H and O–H groups in total. The average Bonchev–Trinajstić information content (AvgIpc) is 2.31. The Kier molecular flexibility index (Phi) is 7.17. The molecule has 1 heterocycles. The van der Waals surface area contributed by atoms with Gasteiger partial charge in [0, 0.05) is 26.7 Å². The van der Waals surface area contributed by atoms with E-state index in [0.29, 0.717) is 13.0 Å². The highest BCUT2D eigenvalue weighted by molar-refractivity contribution is 5.75. The van der Waals surface area contributed by atoms with Gasteiger partial charge in [0.05, 0.1) is 0 Å². The summed E-state index contributed by atoms with van der Waals surface area (Å²) in [5.74, 6) is 0.950. The molecule has 0 aliphatic carbocycles. The van der Waals surface area contributed by atoms with E-state index in [-0.39, 0.29) is 5.91 Å². The highest BCUT2D eigenvalue weighted by atomic mass is 16.5. The molecule has 0 saturated carbocycles. The van der Waals surface area contributed by atoms with Crippen molar-refractivity contribution in [2.24, 2.45) is 5.92 Å². The van der Waals surface area contributed by atoms with E-state index < -0.39 is 0 Å². The molecule has 0 aromatic rings. The maximum absolute atomic E-state index is 11.4. The van der Waals surface area contributed by atoms with E-state index in [1.165, 1.54) is 12.8 Å². The van der Waals surface area contributed by atoms with E-state index in [1.807, 2.05) is 0 Å². The molecule has 0 radical (unpaired) electrons. The Morgan fingerprint density at radius 1 is 1.44 bits per heavy atom. The lowest BCUT2D eigenvalue weighted by Crippen LogP contribution is -2.31. The van der Waals surface area contributed by atoms with Gasteiger partial charge in [-0.3, -0.25) is 4.79 Å². The lowest BCUT2D eigenvalue weighted by atomic mass is 9.95. The minimum absolute atomic E-state index is 0.158. The first-order valence-electron chi connectivity index (χ1n) is 6.29. The topological polar surface area (TPSA) is 50.4 Å². The van der Waals surface area contributed by atoms with Crippen LogP contribution in [0.25, 0.3) is 0 Å². The molecular formula is C12H24N2O2. The number of ether oxygens (including phenoxy) is 1. The largest absolute Gasteiger partial charge is 0.385 e. The van der Waals surface area contributed by atoms with Gasteiger partial charge in [-0.25, -0.2) is 0 Å². The van der Waals surface area contributed by atoms with Crippen LogP contribution in [-0.2, 0) is 9.53 Å². The smallest absolute Gasteiger partial charge is 0.220 e. The standard InChI is InChI=1S/C12H24N2O2/c1-16-10-2-3-12(15)14-9-6-11-4-7-13-8-5-11/h11,13H,2-10H2,1H3,(H,14,15). The third-order valence-electron chi connectivity index (χ3n) is 3.09. The van der Waals surface area contributed by atoms with E-state index in [4.69, 9.17) is 4.74 Å². The van der Waals surface area contributed by atoms with Crippen molar-refractivity contribution < 1.29 is 9.53 Å². The molecule has 1 aliphatic heterocycles. The molecule has 16 heavy (non-hydrogen) atoms. The molecule has 0 aromatic carbocycles. The second kappa shape index (κ2) is 8.53. The molecule has 0 unspecified atom stereocenters. The number of methoxy groups -OCH3 is 1. The van der Waals surface area contributed by atoms with Crippen molar-refractivity contribution in [2.75, 3.05) is 33.4 Å². The van der Waals surface area contributed by atoms with Gasteiger partial charge in [0.1, 0.15) is 0 Å². The van der Waals surface area contributed by atoms with Gasteiger partial charge >= 0.3 is 0 Å². The fraction of sp³-hybridized carbons (Fsp3) is 0.917. The molecule has 1 aliphatic rings.